The summed E-state index contributed by atoms with van der Waals surface area (Å²) in [5.41, 5.74) is 7.38. The van der Waals surface area contributed by atoms with E-state index in [1.807, 2.05) is 32.0 Å². The summed E-state index contributed by atoms with van der Waals surface area (Å²) in [7, 11) is 1.70. The molecule has 0 spiro atoms. The molecule has 0 saturated heterocycles. The number of hydrogen-bond acceptors (Lipinski definition) is 2. The second-order valence-corrected chi connectivity index (χ2v) is 6.73. The van der Waals surface area contributed by atoms with Gasteiger partial charge in [-0.05, 0) is 35.4 Å². The molecule has 2 aromatic rings. The molecule has 0 fully saturated rings. The van der Waals surface area contributed by atoms with Crippen molar-refractivity contribution in [2.24, 2.45) is 10.7 Å². The maximum Gasteiger partial charge on any atom is 0.248 e. The topological polar surface area (TPSA) is 79.5 Å². The van der Waals surface area contributed by atoms with Crippen molar-refractivity contribution in [1.29, 1.82) is 0 Å². The first-order valence-corrected chi connectivity index (χ1v) is 8.41. The summed E-state index contributed by atoms with van der Waals surface area (Å²) in [6, 6.07) is 13.7. The maximum absolute atomic E-state index is 13.5. The van der Waals surface area contributed by atoms with Crippen LogP contribution in [-0.2, 0) is 12.0 Å². The largest absolute Gasteiger partial charge is 0.366 e. The normalized spacial score (nSPS) is 11.9. The molecule has 0 saturated carbocycles. The number of primary amides is 1. The predicted molar refractivity (Wildman–Crippen MR) is 103 cm³/mol. The molecule has 0 aliphatic heterocycles. The number of rotatable bonds is 6. The van der Waals surface area contributed by atoms with Crippen LogP contribution in [0.5, 0.6) is 0 Å². The average molecular weight is 356 g/mol. The van der Waals surface area contributed by atoms with Crippen molar-refractivity contribution in [2.45, 2.75) is 25.8 Å². The minimum Gasteiger partial charge on any atom is -0.366 e. The zero-order valence-corrected chi connectivity index (χ0v) is 15.3. The van der Waals surface area contributed by atoms with Crippen LogP contribution in [-0.4, -0.2) is 25.5 Å². The van der Waals surface area contributed by atoms with Gasteiger partial charge in [-0.3, -0.25) is 9.79 Å². The van der Waals surface area contributed by atoms with E-state index >= 15 is 0 Å². The highest BCUT2D eigenvalue weighted by Gasteiger charge is 2.21. The molecule has 0 atom stereocenters. The van der Waals surface area contributed by atoms with Crippen LogP contribution in [0.3, 0.4) is 0 Å². The van der Waals surface area contributed by atoms with E-state index in [9.17, 15) is 9.18 Å². The Kier molecular flexibility index (Phi) is 6.33. The highest BCUT2D eigenvalue weighted by Crippen LogP contribution is 2.22. The number of nitrogens with one attached hydrogen (secondary N) is 2. The maximum atomic E-state index is 13.5. The van der Waals surface area contributed by atoms with Crippen LogP contribution in [0.4, 0.5) is 4.39 Å². The van der Waals surface area contributed by atoms with E-state index in [4.69, 9.17) is 5.73 Å². The minimum atomic E-state index is -0.443. The van der Waals surface area contributed by atoms with E-state index < -0.39 is 5.91 Å². The molecule has 0 aliphatic carbocycles. The third-order valence-electron chi connectivity index (χ3n) is 4.23. The molecule has 0 heterocycles. The first kappa shape index (κ1) is 19.4. The van der Waals surface area contributed by atoms with Gasteiger partial charge in [0.2, 0.25) is 5.91 Å². The molecule has 0 radical (unpaired) electrons. The minimum absolute atomic E-state index is 0.238. The Hall–Kier alpha value is -2.89. The first-order chi connectivity index (χ1) is 12.3. The number of amides is 1. The summed E-state index contributed by atoms with van der Waals surface area (Å²) in [6.45, 7) is 5.24. The van der Waals surface area contributed by atoms with Gasteiger partial charge in [-0.1, -0.05) is 38.1 Å². The molecule has 2 rings (SSSR count). The molecule has 5 nitrogen and oxygen atoms in total. The Morgan fingerprint density at radius 1 is 1.15 bits per heavy atom. The third kappa shape index (κ3) is 5.31. The van der Waals surface area contributed by atoms with Crippen LogP contribution in [0.1, 0.15) is 35.3 Å². The zero-order valence-electron chi connectivity index (χ0n) is 15.3. The van der Waals surface area contributed by atoms with Gasteiger partial charge in [-0.2, -0.15) is 0 Å². The summed E-state index contributed by atoms with van der Waals surface area (Å²) in [6.07, 6.45) is 0. The fourth-order valence-corrected chi connectivity index (χ4v) is 2.51. The molecular weight excluding hydrogens is 331 g/mol. The average Bonchev–Trinajstić information content (AvgIpc) is 2.62. The molecule has 0 bridgehead atoms. The van der Waals surface area contributed by atoms with E-state index in [1.165, 1.54) is 6.07 Å². The number of carbonyl (C=O) groups is 1. The van der Waals surface area contributed by atoms with Crippen molar-refractivity contribution in [3.8, 4) is 0 Å². The van der Waals surface area contributed by atoms with Crippen molar-refractivity contribution in [3.63, 3.8) is 0 Å². The van der Waals surface area contributed by atoms with Gasteiger partial charge in [0.05, 0.1) is 0 Å². The number of guanidine groups is 1. The lowest BCUT2D eigenvalue weighted by atomic mass is 9.84. The van der Waals surface area contributed by atoms with Gasteiger partial charge in [0.25, 0.3) is 0 Å². The van der Waals surface area contributed by atoms with Crippen LogP contribution in [0.25, 0.3) is 0 Å². The third-order valence-corrected chi connectivity index (χ3v) is 4.23. The number of hydrogen-bond donors (Lipinski definition) is 3. The Balaban J connectivity index is 1.92. The van der Waals surface area contributed by atoms with Crippen LogP contribution in [0.2, 0.25) is 0 Å². The lowest BCUT2D eigenvalue weighted by Crippen LogP contribution is -2.43. The first-order valence-electron chi connectivity index (χ1n) is 8.41. The fourth-order valence-electron chi connectivity index (χ4n) is 2.51. The number of benzene rings is 2. The SMILES string of the molecule is CN=C(NCc1ccc(C(N)=O)cc1)NCC(C)(C)c1cccc(F)c1. The Bertz CT molecular complexity index is 785. The van der Waals surface area contributed by atoms with E-state index in [-0.39, 0.29) is 11.2 Å². The lowest BCUT2D eigenvalue weighted by Gasteiger charge is -2.27. The van der Waals surface area contributed by atoms with Gasteiger partial charge in [0.1, 0.15) is 5.82 Å². The van der Waals surface area contributed by atoms with E-state index in [2.05, 4.69) is 15.6 Å². The van der Waals surface area contributed by atoms with Gasteiger partial charge in [-0.15, -0.1) is 0 Å². The molecule has 6 heteroatoms. The van der Waals surface area contributed by atoms with Gasteiger partial charge in [0, 0.05) is 31.1 Å². The number of nitrogens with two attached hydrogens (primary N) is 1. The van der Waals surface area contributed by atoms with Crippen molar-refractivity contribution >= 4 is 11.9 Å². The Labute approximate surface area is 153 Å². The summed E-state index contributed by atoms with van der Waals surface area (Å²) in [5, 5.41) is 6.49. The van der Waals surface area contributed by atoms with E-state index in [0.717, 1.165) is 11.1 Å². The molecule has 4 N–H and O–H groups in total. The molecule has 0 unspecified atom stereocenters. The second-order valence-electron chi connectivity index (χ2n) is 6.73. The summed E-state index contributed by atoms with van der Waals surface area (Å²) < 4.78 is 13.5. The molecule has 0 aromatic heterocycles. The van der Waals surface area contributed by atoms with Gasteiger partial charge < -0.3 is 16.4 Å². The smallest absolute Gasteiger partial charge is 0.248 e. The van der Waals surface area contributed by atoms with Gasteiger partial charge in [-0.25, -0.2) is 4.39 Å². The number of carbonyl (C=O) groups excluding carboxylic acids is 1. The monoisotopic (exact) mass is 356 g/mol. The highest BCUT2D eigenvalue weighted by molar-refractivity contribution is 5.92. The van der Waals surface area contributed by atoms with Crippen molar-refractivity contribution in [3.05, 3.63) is 71.0 Å². The zero-order chi connectivity index (χ0) is 19.2. The molecule has 2 aromatic carbocycles. The number of nitrogens with zero attached hydrogens (tertiary/aromatic N) is 1. The molecule has 26 heavy (non-hydrogen) atoms. The molecular formula is C20H25FN4O. The second kappa shape index (κ2) is 8.47. The van der Waals surface area contributed by atoms with Crippen LogP contribution in [0, 0.1) is 5.82 Å². The van der Waals surface area contributed by atoms with Crippen molar-refractivity contribution in [1.82, 2.24) is 10.6 Å². The Morgan fingerprint density at radius 3 is 2.42 bits per heavy atom. The van der Waals surface area contributed by atoms with Crippen molar-refractivity contribution in [2.75, 3.05) is 13.6 Å². The highest BCUT2D eigenvalue weighted by atomic mass is 19.1. The molecule has 0 aliphatic rings. The van der Waals surface area contributed by atoms with Gasteiger partial charge in [0.15, 0.2) is 5.96 Å². The summed E-state index contributed by atoms with van der Waals surface area (Å²) in [4.78, 5) is 15.3. The molecule has 1 amide bonds. The van der Waals surface area contributed by atoms with Gasteiger partial charge >= 0.3 is 0 Å². The molecule has 138 valence electrons. The predicted octanol–water partition coefficient (Wildman–Crippen LogP) is 2.57. The quantitative estimate of drug-likeness (QED) is 0.550. The van der Waals surface area contributed by atoms with Crippen LogP contribution in [0.15, 0.2) is 53.5 Å². The van der Waals surface area contributed by atoms with E-state index in [0.29, 0.717) is 24.6 Å². The number of aliphatic imine (C=N–C) groups is 1. The number of halogens is 1. The Morgan fingerprint density at radius 2 is 1.85 bits per heavy atom. The standard InChI is InChI=1S/C20H25FN4O/c1-20(2,16-5-4-6-17(21)11-16)13-25-19(23-3)24-12-14-7-9-15(10-8-14)18(22)26/h4-11H,12-13H2,1-3H3,(H2,22,26)(H2,23,24,25). The summed E-state index contributed by atoms with van der Waals surface area (Å²) >= 11 is 0. The van der Waals surface area contributed by atoms with Crippen LogP contribution >= 0.6 is 0 Å². The fraction of sp³-hybridized carbons (Fsp3) is 0.300. The summed E-state index contributed by atoms with van der Waals surface area (Å²) in [5.74, 6) is -0.0347. The van der Waals surface area contributed by atoms with Crippen LogP contribution < -0.4 is 16.4 Å². The van der Waals surface area contributed by atoms with E-state index in [1.54, 1.807) is 31.3 Å². The van der Waals surface area contributed by atoms with Crippen molar-refractivity contribution < 1.29 is 9.18 Å². The lowest BCUT2D eigenvalue weighted by molar-refractivity contribution is 0.100.